The molecule has 4 heteroatoms. The lowest BCUT2D eigenvalue weighted by Gasteiger charge is -2.68. The van der Waals surface area contributed by atoms with Crippen LogP contribution in [-0.4, -0.2) is 32.3 Å². The number of rotatable bonds is 3. The van der Waals surface area contributed by atoms with E-state index in [1.807, 2.05) is 60.7 Å². The quantitative estimate of drug-likeness (QED) is 0.572. The Morgan fingerprint density at radius 2 is 1.41 bits per heavy atom. The van der Waals surface area contributed by atoms with E-state index in [1.54, 1.807) is 0 Å². The molecule has 8 unspecified atom stereocenters. The average Bonchev–Trinajstić information content (AvgIpc) is 2.87. The minimum absolute atomic E-state index is 0.0411. The molecule has 0 saturated heterocycles. The summed E-state index contributed by atoms with van der Waals surface area (Å²) in [6.07, 6.45) is 7.32. The van der Waals surface area contributed by atoms with E-state index in [4.69, 9.17) is 0 Å². The fourth-order valence-electron chi connectivity index (χ4n) is 8.76. The Morgan fingerprint density at radius 1 is 0.735 bits per heavy atom. The SMILES string of the molecule is O=C(c1ccccc1)C1CC2CCCC3C4(O)CCCCC4CC(C1(O)c1ccccc1)C23O. The first-order valence-electron chi connectivity index (χ1n) is 13.2. The van der Waals surface area contributed by atoms with Crippen molar-refractivity contribution < 1.29 is 20.1 Å². The second kappa shape index (κ2) is 8.01. The van der Waals surface area contributed by atoms with Gasteiger partial charge in [0.05, 0.1) is 17.1 Å². The molecule has 8 atom stereocenters. The minimum Gasteiger partial charge on any atom is -0.389 e. The smallest absolute Gasteiger partial charge is 0.169 e. The molecule has 0 radical (unpaired) electrons. The van der Waals surface area contributed by atoms with Crippen LogP contribution in [-0.2, 0) is 5.60 Å². The molecule has 0 bridgehead atoms. The predicted octanol–water partition coefficient (Wildman–Crippen LogP) is 4.87. The maximum Gasteiger partial charge on any atom is 0.169 e. The molecule has 3 N–H and O–H groups in total. The van der Waals surface area contributed by atoms with Crippen LogP contribution in [0, 0.1) is 29.6 Å². The average molecular weight is 461 g/mol. The Bertz CT molecular complexity index is 1050. The molecule has 0 aliphatic heterocycles. The van der Waals surface area contributed by atoms with Crippen LogP contribution in [0.4, 0.5) is 0 Å². The normalized spacial score (nSPS) is 43.4. The highest BCUT2D eigenvalue weighted by Crippen LogP contribution is 2.67. The van der Waals surface area contributed by atoms with Gasteiger partial charge in [-0.05, 0) is 55.9 Å². The van der Waals surface area contributed by atoms with Gasteiger partial charge in [-0.3, -0.25) is 4.79 Å². The number of hydrogen-bond donors (Lipinski definition) is 3. The Hall–Kier alpha value is -2.01. The van der Waals surface area contributed by atoms with Crippen LogP contribution >= 0.6 is 0 Å². The number of hydrogen-bond acceptors (Lipinski definition) is 4. The second-order valence-electron chi connectivity index (χ2n) is 11.5. The largest absolute Gasteiger partial charge is 0.389 e. The summed E-state index contributed by atoms with van der Waals surface area (Å²) in [4.78, 5) is 14.0. The minimum atomic E-state index is -1.48. The van der Waals surface area contributed by atoms with Gasteiger partial charge in [0.1, 0.15) is 5.60 Å². The number of carbonyl (C=O) groups is 1. The van der Waals surface area contributed by atoms with Crippen molar-refractivity contribution in [2.45, 2.75) is 74.6 Å². The highest BCUT2D eigenvalue weighted by Gasteiger charge is 2.72. The lowest BCUT2D eigenvalue weighted by atomic mass is 9.40. The molecule has 2 aromatic rings. The number of Topliss-reactive ketones (excluding diaryl/α,β-unsaturated/α-hetero) is 1. The molecule has 0 amide bonds. The molecule has 6 rings (SSSR count). The highest BCUT2D eigenvalue weighted by molar-refractivity contribution is 5.98. The van der Waals surface area contributed by atoms with Crippen molar-refractivity contribution in [3.05, 3.63) is 71.8 Å². The van der Waals surface area contributed by atoms with Crippen molar-refractivity contribution >= 4 is 5.78 Å². The molecule has 0 aromatic heterocycles. The first-order valence-corrected chi connectivity index (χ1v) is 13.2. The third kappa shape index (κ3) is 2.98. The molecule has 4 aliphatic rings. The van der Waals surface area contributed by atoms with Gasteiger partial charge in [0.15, 0.2) is 5.78 Å². The van der Waals surface area contributed by atoms with Crippen molar-refractivity contribution in [1.29, 1.82) is 0 Å². The Morgan fingerprint density at radius 3 is 2.15 bits per heavy atom. The van der Waals surface area contributed by atoms with E-state index in [1.165, 1.54) is 0 Å². The van der Waals surface area contributed by atoms with Crippen LogP contribution in [0.2, 0.25) is 0 Å². The molecule has 180 valence electrons. The molecule has 4 saturated carbocycles. The fraction of sp³-hybridized carbons (Fsp3) is 0.567. The number of fused-ring (bicyclic) bond motifs is 2. The van der Waals surface area contributed by atoms with Crippen LogP contribution in [0.5, 0.6) is 0 Å². The number of ketones is 1. The topological polar surface area (TPSA) is 77.8 Å². The van der Waals surface area contributed by atoms with Crippen molar-refractivity contribution in [2.75, 3.05) is 0 Å². The Balaban J connectivity index is 1.53. The number of carbonyl (C=O) groups excluding carboxylic acids is 1. The van der Waals surface area contributed by atoms with Gasteiger partial charge in [-0.15, -0.1) is 0 Å². The zero-order valence-corrected chi connectivity index (χ0v) is 19.8. The fourth-order valence-corrected chi connectivity index (χ4v) is 8.76. The highest BCUT2D eigenvalue weighted by atomic mass is 16.3. The van der Waals surface area contributed by atoms with Gasteiger partial charge in [-0.2, -0.15) is 0 Å². The van der Waals surface area contributed by atoms with E-state index in [0.717, 1.165) is 44.9 Å². The van der Waals surface area contributed by atoms with Crippen molar-refractivity contribution in [1.82, 2.24) is 0 Å². The maximum absolute atomic E-state index is 14.0. The number of aliphatic hydroxyl groups is 3. The molecule has 0 spiro atoms. The summed E-state index contributed by atoms with van der Waals surface area (Å²) in [6, 6.07) is 18.9. The van der Waals surface area contributed by atoms with E-state index >= 15 is 0 Å². The zero-order chi connectivity index (χ0) is 23.6. The van der Waals surface area contributed by atoms with E-state index in [9.17, 15) is 20.1 Å². The Kier molecular flexibility index (Phi) is 5.29. The predicted molar refractivity (Wildman–Crippen MR) is 130 cm³/mol. The van der Waals surface area contributed by atoms with Crippen LogP contribution in [0.1, 0.15) is 73.7 Å². The second-order valence-corrected chi connectivity index (χ2v) is 11.5. The third-order valence-corrected chi connectivity index (χ3v) is 10.2. The monoisotopic (exact) mass is 460 g/mol. The first kappa shape index (κ1) is 22.5. The van der Waals surface area contributed by atoms with E-state index in [-0.39, 0.29) is 23.5 Å². The van der Waals surface area contributed by atoms with Crippen LogP contribution < -0.4 is 0 Å². The summed E-state index contributed by atoms with van der Waals surface area (Å²) < 4.78 is 0. The molecule has 34 heavy (non-hydrogen) atoms. The lowest BCUT2D eigenvalue weighted by Crippen LogP contribution is -2.75. The van der Waals surface area contributed by atoms with Crippen LogP contribution in [0.3, 0.4) is 0 Å². The molecule has 4 nitrogen and oxygen atoms in total. The first-order chi connectivity index (χ1) is 16.4. The summed E-state index contributed by atoms with van der Waals surface area (Å²) in [5, 5.41) is 37.4. The van der Waals surface area contributed by atoms with Gasteiger partial charge in [0.25, 0.3) is 0 Å². The molecular formula is C30H36O4. The van der Waals surface area contributed by atoms with Crippen molar-refractivity contribution in [3.63, 3.8) is 0 Å². The maximum atomic E-state index is 14.0. The summed E-state index contributed by atoms with van der Waals surface area (Å²) in [5.74, 6) is -1.43. The molecule has 4 aliphatic carbocycles. The lowest BCUT2D eigenvalue weighted by molar-refractivity contribution is -0.312. The summed E-state index contributed by atoms with van der Waals surface area (Å²) in [7, 11) is 0. The van der Waals surface area contributed by atoms with Crippen LogP contribution in [0.25, 0.3) is 0 Å². The standard InChI is InChI=1S/C30H36O4/c31-27(20-10-3-1-4-11-20)24-18-23-15-9-16-25-28(32)17-8-7-14-22(28)19-26(30(23,25)34)29(24,33)21-12-5-2-6-13-21/h1-6,10-13,22-26,32-34H,7-9,14-19H2. The van der Waals surface area contributed by atoms with Gasteiger partial charge in [0, 0.05) is 17.4 Å². The zero-order valence-electron chi connectivity index (χ0n) is 19.8. The van der Waals surface area contributed by atoms with E-state index < -0.39 is 28.6 Å². The molecule has 4 fully saturated rings. The summed E-state index contributed by atoms with van der Waals surface area (Å²) in [5.41, 5.74) is -2.18. The third-order valence-electron chi connectivity index (χ3n) is 10.2. The van der Waals surface area contributed by atoms with Crippen LogP contribution in [0.15, 0.2) is 60.7 Å². The van der Waals surface area contributed by atoms with Gasteiger partial charge >= 0.3 is 0 Å². The van der Waals surface area contributed by atoms with E-state index in [0.29, 0.717) is 24.0 Å². The molecular weight excluding hydrogens is 424 g/mol. The van der Waals surface area contributed by atoms with E-state index in [2.05, 4.69) is 0 Å². The van der Waals surface area contributed by atoms with Gasteiger partial charge in [-0.25, -0.2) is 0 Å². The van der Waals surface area contributed by atoms with Crippen molar-refractivity contribution in [2.24, 2.45) is 29.6 Å². The van der Waals surface area contributed by atoms with Gasteiger partial charge in [-0.1, -0.05) is 79.9 Å². The molecule has 2 aromatic carbocycles. The summed E-state index contributed by atoms with van der Waals surface area (Å²) in [6.45, 7) is 0. The van der Waals surface area contributed by atoms with Crippen molar-refractivity contribution in [3.8, 4) is 0 Å². The van der Waals surface area contributed by atoms with Gasteiger partial charge in [0.2, 0.25) is 0 Å². The number of benzene rings is 2. The summed E-state index contributed by atoms with van der Waals surface area (Å²) >= 11 is 0. The Labute approximate surface area is 202 Å². The molecule has 0 heterocycles. The van der Waals surface area contributed by atoms with Gasteiger partial charge < -0.3 is 15.3 Å².